The Morgan fingerprint density at radius 2 is 2.04 bits per heavy atom. The summed E-state index contributed by atoms with van der Waals surface area (Å²) in [7, 11) is 0. The maximum absolute atomic E-state index is 6.67. The van der Waals surface area contributed by atoms with Gasteiger partial charge in [-0.15, -0.1) is 0 Å². The maximum Gasteiger partial charge on any atom is 0.0866 e. The van der Waals surface area contributed by atoms with Gasteiger partial charge >= 0.3 is 0 Å². The molecule has 0 saturated carbocycles. The van der Waals surface area contributed by atoms with Crippen molar-refractivity contribution in [2.24, 2.45) is 0 Å². The van der Waals surface area contributed by atoms with Crippen LogP contribution < -0.4 is 0 Å². The van der Waals surface area contributed by atoms with Gasteiger partial charge in [0.25, 0.3) is 0 Å². The van der Waals surface area contributed by atoms with Gasteiger partial charge < -0.3 is 4.74 Å². The Morgan fingerprint density at radius 3 is 2.76 bits per heavy atom. The van der Waals surface area contributed by atoms with Crippen LogP contribution in [0.2, 0.25) is 5.02 Å². The molecule has 2 aliphatic rings. The quantitative estimate of drug-likeness (QED) is 0.746. The number of nitrogens with zero attached hydrogens (tertiary/aromatic N) is 1. The van der Waals surface area contributed by atoms with Gasteiger partial charge in [0.1, 0.15) is 0 Å². The maximum atomic E-state index is 6.67. The van der Waals surface area contributed by atoms with E-state index in [-0.39, 0.29) is 5.60 Å². The number of benzene rings is 2. The molecule has 2 aliphatic heterocycles. The second kappa shape index (κ2) is 6.28. The van der Waals surface area contributed by atoms with Gasteiger partial charge in [-0.1, -0.05) is 60.6 Å². The van der Waals surface area contributed by atoms with Crippen LogP contribution in [0, 0.1) is 0 Å². The molecule has 2 aromatic carbocycles. The first-order valence-corrected chi connectivity index (χ1v) is 9.23. The van der Waals surface area contributed by atoms with Gasteiger partial charge in [0.2, 0.25) is 0 Å². The van der Waals surface area contributed by atoms with Gasteiger partial charge in [0.05, 0.1) is 17.2 Å². The Balaban J connectivity index is 1.64. The van der Waals surface area contributed by atoms with Gasteiger partial charge in [-0.3, -0.25) is 4.90 Å². The van der Waals surface area contributed by atoms with Crippen LogP contribution in [-0.2, 0) is 17.9 Å². The van der Waals surface area contributed by atoms with Crippen LogP contribution in [0.5, 0.6) is 0 Å². The predicted octanol–water partition coefficient (Wildman–Crippen LogP) is 5.26. The highest BCUT2D eigenvalue weighted by Crippen LogP contribution is 2.47. The molecule has 2 unspecified atom stereocenters. The van der Waals surface area contributed by atoms with E-state index in [2.05, 4.69) is 60.9 Å². The number of hydrogen-bond acceptors (Lipinski definition) is 2. The number of ether oxygens (including phenoxy) is 1. The smallest absolute Gasteiger partial charge is 0.0866 e. The van der Waals surface area contributed by atoms with Crippen LogP contribution in [0.15, 0.2) is 49.0 Å². The molecular formula is C22H24ClNO. The average molecular weight is 354 g/mol. The topological polar surface area (TPSA) is 12.5 Å². The molecule has 0 N–H and O–H groups in total. The van der Waals surface area contributed by atoms with Crippen molar-refractivity contribution >= 4 is 17.2 Å². The summed E-state index contributed by atoms with van der Waals surface area (Å²) < 4.78 is 6.34. The number of halogens is 1. The zero-order valence-corrected chi connectivity index (χ0v) is 15.6. The molecule has 130 valence electrons. The van der Waals surface area contributed by atoms with E-state index in [0.29, 0.717) is 12.5 Å². The molecule has 0 radical (unpaired) electrons. The second-order valence-electron chi connectivity index (χ2n) is 7.58. The van der Waals surface area contributed by atoms with E-state index in [1.54, 1.807) is 0 Å². The molecule has 0 amide bonds. The third-order valence-electron chi connectivity index (χ3n) is 5.63. The first-order valence-electron chi connectivity index (χ1n) is 8.85. The fourth-order valence-corrected chi connectivity index (χ4v) is 4.67. The molecule has 0 spiro atoms. The van der Waals surface area contributed by atoms with Crippen molar-refractivity contribution < 1.29 is 4.74 Å². The second-order valence-corrected chi connectivity index (χ2v) is 7.96. The summed E-state index contributed by atoms with van der Waals surface area (Å²) in [6.45, 7) is 11.8. The van der Waals surface area contributed by atoms with Crippen LogP contribution in [0.4, 0.5) is 0 Å². The van der Waals surface area contributed by atoms with Crippen LogP contribution in [0.3, 0.4) is 0 Å². The SMILES string of the molecule is C=C(C)c1ccc2c(c1Cl)COC1(C)CN(Cc3ccccc3)CC21. The Kier molecular flexibility index (Phi) is 4.23. The fraction of sp³-hybridized carbons (Fsp3) is 0.364. The van der Waals surface area contributed by atoms with Crippen molar-refractivity contribution in [2.45, 2.75) is 38.5 Å². The van der Waals surface area contributed by atoms with Gasteiger partial charge in [-0.05, 0) is 36.1 Å². The summed E-state index contributed by atoms with van der Waals surface area (Å²) in [5.41, 5.74) is 5.73. The van der Waals surface area contributed by atoms with Crippen LogP contribution in [-0.4, -0.2) is 23.6 Å². The van der Waals surface area contributed by atoms with E-state index in [1.165, 1.54) is 11.1 Å². The van der Waals surface area contributed by atoms with Gasteiger partial charge in [-0.25, -0.2) is 0 Å². The third kappa shape index (κ3) is 2.93. The van der Waals surface area contributed by atoms with E-state index in [1.807, 2.05) is 6.92 Å². The molecule has 4 rings (SSSR count). The lowest BCUT2D eigenvalue weighted by Gasteiger charge is -2.37. The summed E-state index contributed by atoms with van der Waals surface area (Å²) in [4.78, 5) is 2.50. The minimum Gasteiger partial charge on any atom is -0.369 e. The van der Waals surface area contributed by atoms with Gasteiger partial charge in [0.15, 0.2) is 0 Å². The predicted molar refractivity (Wildman–Crippen MR) is 104 cm³/mol. The van der Waals surface area contributed by atoms with E-state index in [4.69, 9.17) is 16.3 Å². The van der Waals surface area contributed by atoms with E-state index < -0.39 is 0 Å². The average Bonchev–Trinajstić information content (AvgIpc) is 2.92. The molecule has 2 aromatic rings. The standard InChI is InChI=1S/C22H24ClNO/c1-15(2)17-9-10-18-19(21(17)23)13-25-22(3)14-24(12-20(18)22)11-16-7-5-4-6-8-16/h4-10,20H,1,11-14H2,2-3H3. The monoisotopic (exact) mass is 353 g/mol. The summed E-state index contributed by atoms with van der Waals surface area (Å²) in [5, 5.41) is 0.813. The molecule has 25 heavy (non-hydrogen) atoms. The largest absolute Gasteiger partial charge is 0.369 e. The van der Waals surface area contributed by atoms with E-state index in [0.717, 1.165) is 41.4 Å². The Labute approximate surface area is 155 Å². The minimum absolute atomic E-state index is 0.143. The lowest BCUT2D eigenvalue weighted by atomic mass is 9.81. The van der Waals surface area contributed by atoms with Gasteiger partial charge in [-0.2, -0.15) is 0 Å². The molecule has 2 nitrogen and oxygen atoms in total. The van der Waals surface area contributed by atoms with Crippen molar-refractivity contribution in [3.05, 3.63) is 76.3 Å². The first-order chi connectivity index (χ1) is 12.0. The lowest BCUT2D eigenvalue weighted by molar-refractivity contribution is -0.0567. The molecule has 1 fully saturated rings. The molecule has 1 saturated heterocycles. The fourth-order valence-electron chi connectivity index (χ4n) is 4.28. The van der Waals surface area contributed by atoms with E-state index in [9.17, 15) is 0 Å². The number of rotatable bonds is 3. The first kappa shape index (κ1) is 16.8. The van der Waals surface area contributed by atoms with Crippen molar-refractivity contribution in [3.63, 3.8) is 0 Å². The number of fused-ring (bicyclic) bond motifs is 3. The number of hydrogen-bond donors (Lipinski definition) is 0. The molecule has 0 aromatic heterocycles. The molecule has 2 atom stereocenters. The summed E-state index contributed by atoms with van der Waals surface area (Å²) in [6.07, 6.45) is 0. The Hall–Kier alpha value is -1.61. The summed E-state index contributed by atoms with van der Waals surface area (Å²) in [5.74, 6) is 0.358. The number of allylic oxidation sites excluding steroid dienone is 1. The van der Waals surface area contributed by atoms with Gasteiger partial charge in [0, 0.05) is 31.1 Å². The highest BCUT2D eigenvalue weighted by molar-refractivity contribution is 6.33. The minimum atomic E-state index is -0.143. The Morgan fingerprint density at radius 1 is 1.28 bits per heavy atom. The lowest BCUT2D eigenvalue weighted by Crippen LogP contribution is -2.40. The highest BCUT2D eigenvalue weighted by Gasteiger charge is 2.48. The summed E-state index contributed by atoms with van der Waals surface area (Å²) >= 11 is 6.67. The molecule has 3 heteroatoms. The zero-order valence-electron chi connectivity index (χ0n) is 14.9. The van der Waals surface area contributed by atoms with Crippen molar-refractivity contribution in [1.82, 2.24) is 4.90 Å². The number of likely N-dealkylation sites (tertiary alicyclic amines) is 1. The van der Waals surface area contributed by atoms with Crippen LogP contribution in [0.1, 0.15) is 42.0 Å². The van der Waals surface area contributed by atoms with Crippen molar-refractivity contribution in [1.29, 1.82) is 0 Å². The van der Waals surface area contributed by atoms with Crippen LogP contribution >= 0.6 is 11.6 Å². The molecule has 2 heterocycles. The third-order valence-corrected chi connectivity index (χ3v) is 6.06. The normalized spacial score (nSPS) is 25.5. The highest BCUT2D eigenvalue weighted by atomic mass is 35.5. The van der Waals surface area contributed by atoms with Crippen molar-refractivity contribution in [3.8, 4) is 0 Å². The molecule has 0 aliphatic carbocycles. The van der Waals surface area contributed by atoms with Crippen molar-refractivity contribution in [2.75, 3.05) is 13.1 Å². The Bertz CT molecular complexity index is 816. The summed E-state index contributed by atoms with van der Waals surface area (Å²) in [6, 6.07) is 15.0. The molecular weight excluding hydrogens is 330 g/mol. The zero-order chi connectivity index (χ0) is 17.6. The molecule has 0 bridgehead atoms. The van der Waals surface area contributed by atoms with E-state index >= 15 is 0 Å². The van der Waals surface area contributed by atoms with Crippen LogP contribution in [0.25, 0.3) is 5.57 Å².